The zero-order chi connectivity index (χ0) is 19.7. The van der Waals surface area contributed by atoms with Gasteiger partial charge < -0.3 is 14.6 Å². The molecule has 6 heteroatoms. The van der Waals surface area contributed by atoms with Gasteiger partial charge in [-0.25, -0.2) is 4.39 Å². The Balaban J connectivity index is 1.45. The fourth-order valence-corrected chi connectivity index (χ4v) is 4.12. The van der Waals surface area contributed by atoms with E-state index in [2.05, 4.69) is 14.6 Å². The molecule has 0 radical (unpaired) electrons. The summed E-state index contributed by atoms with van der Waals surface area (Å²) in [5, 5.41) is 2.98. The topological polar surface area (TPSA) is 46.1 Å². The standard InChI is InChI=1S/C22H22FN3OS/c1-14-12-19(15(2)26(14)17-10-11-17)22(27)24-16-6-5-7-18(13-16)28-25-21-9-4-3-8-20(21)23/h3-9,12-13,17,25H,10-11H2,1-2H3,(H,24,27). The van der Waals surface area contributed by atoms with E-state index < -0.39 is 0 Å². The second-order valence-electron chi connectivity index (χ2n) is 7.05. The van der Waals surface area contributed by atoms with E-state index >= 15 is 0 Å². The Bertz CT molecular complexity index is 1030. The highest BCUT2D eigenvalue weighted by atomic mass is 32.2. The van der Waals surface area contributed by atoms with Gasteiger partial charge in [-0.1, -0.05) is 18.2 Å². The molecule has 1 aromatic heterocycles. The molecule has 0 spiro atoms. The van der Waals surface area contributed by atoms with E-state index in [4.69, 9.17) is 0 Å². The predicted octanol–water partition coefficient (Wildman–Crippen LogP) is 5.95. The first kappa shape index (κ1) is 18.6. The van der Waals surface area contributed by atoms with Crippen LogP contribution in [-0.4, -0.2) is 10.5 Å². The number of halogens is 1. The fraction of sp³-hybridized carbons (Fsp3) is 0.227. The SMILES string of the molecule is Cc1cc(C(=O)Nc2cccc(SNc3ccccc3F)c2)c(C)n1C1CC1. The van der Waals surface area contributed by atoms with Crippen molar-refractivity contribution in [3.8, 4) is 0 Å². The normalized spacial score (nSPS) is 13.4. The van der Waals surface area contributed by atoms with Gasteiger partial charge in [0.1, 0.15) is 5.82 Å². The predicted molar refractivity (Wildman–Crippen MR) is 112 cm³/mol. The zero-order valence-corrected chi connectivity index (χ0v) is 16.6. The Kier molecular flexibility index (Phi) is 5.13. The maximum Gasteiger partial charge on any atom is 0.257 e. The number of nitrogens with one attached hydrogen (secondary N) is 2. The highest BCUT2D eigenvalue weighted by molar-refractivity contribution is 8.00. The Morgan fingerprint density at radius 1 is 1.11 bits per heavy atom. The van der Waals surface area contributed by atoms with E-state index in [1.54, 1.807) is 18.2 Å². The maximum absolute atomic E-state index is 13.7. The first-order valence-electron chi connectivity index (χ1n) is 9.30. The molecule has 2 aromatic carbocycles. The Morgan fingerprint density at radius 3 is 2.64 bits per heavy atom. The van der Waals surface area contributed by atoms with Gasteiger partial charge in [-0.05, 0) is 75.0 Å². The summed E-state index contributed by atoms with van der Waals surface area (Å²) in [5.41, 5.74) is 4.00. The fourth-order valence-electron chi connectivity index (χ4n) is 3.40. The summed E-state index contributed by atoms with van der Waals surface area (Å²) < 4.78 is 19.0. The minimum atomic E-state index is -0.300. The number of hydrogen-bond acceptors (Lipinski definition) is 3. The van der Waals surface area contributed by atoms with E-state index in [1.165, 1.54) is 30.9 Å². The molecule has 2 N–H and O–H groups in total. The number of amides is 1. The number of aromatic nitrogens is 1. The van der Waals surface area contributed by atoms with Gasteiger partial charge in [-0.2, -0.15) is 0 Å². The molecule has 1 amide bonds. The molecule has 1 fully saturated rings. The molecule has 4 rings (SSSR count). The van der Waals surface area contributed by atoms with E-state index in [0.717, 1.165) is 16.3 Å². The number of hydrogen-bond donors (Lipinski definition) is 2. The number of carbonyl (C=O) groups is 1. The van der Waals surface area contributed by atoms with Crippen LogP contribution in [0, 0.1) is 19.7 Å². The molecule has 1 saturated carbocycles. The average Bonchev–Trinajstić information content (AvgIpc) is 3.46. The van der Waals surface area contributed by atoms with Crippen LogP contribution in [0.25, 0.3) is 0 Å². The van der Waals surface area contributed by atoms with Crippen molar-refractivity contribution in [2.75, 3.05) is 10.0 Å². The van der Waals surface area contributed by atoms with Crippen molar-refractivity contribution in [3.63, 3.8) is 0 Å². The van der Waals surface area contributed by atoms with Crippen molar-refractivity contribution in [3.05, 3.63) is 77.4 Å². The van der Waals surface area contributed by atoms with Crippen LogP contribution in [0.4, 0.5) is 15.8 Å². The lowest BCUT2D eigenvalue weighted by Gasteiger charge is -2.10. The van der Waals surface area contributed by atoms with Crippen molar-refractivity contribution in [2.45, 2.75) is 37.6 Å². The van der Waals surface area contributed by atoms with Crippen LogP contribution >= 0.6 is 11.9 Å². The molecule has 3 aromatic rings. The van der Waals surface area contributed by atoms with E-state index in [-0.39, 0.29) is 11.7 Å². The van der Waals surface area contributed by atoms with Gasteiger partial charge in [0.15, 0.2) is 0 Å². The highest BCUT2D eigenvalue weighted by Gasteiger charge is 2.28. The summed E-state index contributed by atoms with van der Waals surface area (Å²) in [4.78, 5) is 13.7. The molecule has 4 nitrogen and oxygen atoms in total. The summed E-state index contributed by atoms with van der Waals surface area (Å²) in [6, 6.07) is 16.5. The lowest BCUT2D eigenvalue weighted by atomic mass is 10.2. The molecule has 0 atom stereocenters. The summed E-state index contributed by atoms with van der Waals surface area (Å²) in [6.45, 7) is 4.05. The van der Waals surface area contributed by atoms with Crippen molar-refractivity contribution >= 4 is 29.2 Å². The third-order valence-corrected chi connectivity index (χ3v) is 5.70. The van der Waals surface area contributed by atoms with Gasteiger partial charge in [-0.15, -0.1) is 0 Å². The lowest BCUT2D eigenvalue weighted by Crippen LogP contribution is -2.13. The summed E-state index contributed by atoms with van der Waals surface area (Å²) in [7, 11) is 0. The second-order valence-corrected chi connectivity index (χ2v) is 7.93. The summed E-state index contributed by atoms with van der Waals surface area (Å²) in [6.07, 6.45) is 2.37. The summed E-state index contributed by atoms with van der Waals surface area (Å²) >= 11 is 1.30. The molecule has 0 unspecified atom stereocenters. The number of carbonyl (C=O) groups excluding carboxylic acids is 1. The molecule has 0 saturated heterocycles. The molecule has 144 valence electrons. The molecule has 1 heterocycles. The van der Waals surface area contributed by atoms with E-state index in [0.29, 0.717) is 23.0 Å². The molecule has 1 aliphatic carbocycles. The molecule has 0 aliphatic heterocycles. The van der Waals surface area contributed by atoms with Crippen LogP contribution in [0.15, 0.2) is 59.5 Å². The van der Waals surface area contributed by atoms with Gasteiger partial charge in [0.25, 0.3) is 5.91 Å². The molecule has 0 bridgehead atoms. The third-order valence-electron chi connectivity index (χ3n) is 4.89. The van der Waals surface area contributed by atoms with E-state index in [1.807, 2.05) is 44.2 Å². The second kappa shape index (κ2) is 7.72. The van der Waals surface area contributed by atoms with E-state index in [9.17, 15) is 9.18 Å². The van der Waals surface area contributed by atoms with Crippen LogP contribution in [0.5, 0.6) is 0 Å². The van der Waals surface area contributed by atoms with Crippen molar-refractivity contribution in [1.82, 2.24) is 4.57 Å². The number of para-hydroxylation sites is 1. The number of nitrogens with zero attached hydrogens (tertiary/aromatic N) is 1. The molecule has 1 aliphatic rings. The van der Waals surface area contributed by atoms with Gasteiger partial charge in [0.05, 0.1) is 11.3 Å². The monoisotopic (exact) mass is 395 g/mol. The first-order chi connectivity index (χ1) is 13.5. The largest absolute Gasteiger partial charge is 0.345 e. The van der Waals surface area contributed by atoms with Gasteiger partial charge in [0, 0.05) is 28.0 Å². The lowest BCUT2D eigenvalue weighted by molar-refractivity contribution is 0.102. The molecular weight excluding hydrogens is 373 g/mol. The van der Waals surface area contributed by atoms with Gasteiger partial charge >= 0.3 is 0 Å². The zero-order valence-electron chi connectivity index (χ0n) is 15.8. The van der Waals surface area contributed by atoms with Crippen LogP contribution < -0.4 is 10.0 Å². The number of aryl methyl sites for hydroxylation is 1. The highest BCUT2D eigenvalue weighted by Crippen LogP contribution is 2.38. The third kappa shape index (κ3) is 3.92. The Morgan fingerprint density at radius 2 is 1.89 bits per heavy atom. The van der Waals surface area contributed by atoms with Crippen LogP contribution in [0.2, 0.25) is 0 Å². The van der Waals surface area contributed by atoms with Crippen molar-refractivity contribution in [1.29, 1.82) is 0 Å². The number of rotatable bonds is 6. The minimum absolute atomic E-state index is 0.107. The first-order valence-corrected chi connectivity index (χ1v) is 10.1. The number of anilines is 2. The van der Waals surface area contributed by atoms with Gasteiger partial charge in [0.2, 0.25) is 0 Å². The van der Waals surface area contributed by atoms with Crippen LogP contribution in [0.1, 0.15) is 40.6 Å². The molecule has 28 heavy (non-hydrogen) atoms. The molecular formula is C22H22FN3OS. The van der Waals surface area contributed by atoms with Crippen LogP contribution in [0.3, 0.4) is 0 Å². The Labute approximate surface area is 168 Å². The average molecular weight is 396 g/mol. The summed E-state index contributed by atoms with van der Waals surface area (Å²) in [5.74, 6) is -0.408. The van der Waals surface area contributed by atoms with Crippen LogP contribution in [-0.2, 0) is 0 Å². The minimum Gasteiger partial charge on any atom is -0.345 e. The maximum atomic E-state index is 13.7. The Hall–Kier alpha value is -2.73. The van der Waals surface area contributed by atoms with Crippen molar-refractivity contribution < 1.29 is 9.18 Å². The number of benzene rings is 2. The van der Waals surface area contributed by atoms with Crippen molar-refractivity contribution in [2.24, 2.45) is 0 Å². The quantitative estimate of drug-likeness (QED) is 0.507. The van der Waals surface area contributed by atoms with Gasteiger partial charge in [-0.3, -0.25) is 4.79 Å². The smallest absolute Gasteiger partial charge is 0.257 e.